The molecule has 0 aromatic rings. The average Bonchev–Trinajstić information content (AvgIpc) is 3.16. The molecule has 0 bridgehead atoms. The maximum Gasteiger partial charge on any atom is 0.305 e. The number of ether oxygens (including phenoxy) is 1. The SMILES string of the molecule is CCCCCCCCC/C=C/C(O)C(CO)NC(=O)CCCCCCCCCCCCOC(=O)CCCCCCCCCCCCCCCCCCC. The predicted molar refractivity (Wildman–Crippen MR) is 227 cm³/mol. The highest BCUT2D eigenvalue weighted by atomic mass is 16.5. The van der Waals surface area contributed by atoms with E-state index >= 15 is 0 Å². The Balaban J connectivity index is 3.45. The fourth-order valence-corrected chi connectivity index (χ4v) is 7.16. The normalized spacial score (nSPS) is 12.8. The van der Waals surface area contributed by atoms with Crippen molar-refractivity contribution in [1.29, 1.82) is 0 Å². The number of esters is 1. The number of amides is 1. The van der Waals surface area contributed by atoms with Gasteiger partial charge in [0.2, 0.25) is 5.91 Å². The standard InChI is InChI=1S/C47H91NO5/c1-3-5-7-9-11-13-14-15-16-17-18-19-20-25-29-33-37-41-47(52)53-42-38-34-30-26-22-21-24-28-32-36-40-46(51)48-44(43-49)45(50)39-35-31-27-23-12-10-8-6-4-2/h35,39,44-45,49-50H,3-34,36-38,40-43H2,1-2H3,(H,48,51)/b39-35+. The zero-order valence-electron chi connectivity index (χ0n) is 35.5. The van der Waals surface area contributed by atoms with Crippen LogP contribution in [0.25, 0.3) is 0 Å². The van der Waals surface area contributed by atoms with Gasteiger partial charge in [0.1, 0.15) is 0 Å². The van der Waals surface area contributed by atoms with Gasteiger partial charge >= 0.3 is 5.97 Å². The number of aliphatic hydroxyl groups excluding tert-OH is 2. The van der Waals surface area contributed by atoms with Gasteiger partial charge < -0.3 is 20.3 Å². The lowest BCUT2D eigenvalue weighted by molar-refractivity contribution is -0.143. The van der Waals surface area contributed by atoms with E-state index in [-0.39, 0.29) is 18.5 Å². The Bertz CT molecular complexity index is 787. The highest BCUT2D eigenvalue weighted by Gasteiger charge is 2.18. The number of carbonyl (C=O) groups is 2. The number of unbranched alkanes of at least 4 members (excludes halogenated alkanes) is 32. The van der Waals surface area contributed by atoms with E-state index in [1.807, 2.05) is 6.08 Å². The molecule has 0 aromatic carbocycles. The largest absolute Gasteiger partial charge is 0.466 e. The topological polar surface area (TPSA) is 95.9 Å². The molecule has 6 nitrogen and oxygen atoms in total. The van der Waals surface area contributed by atoms with Crippen molar-refractivity contribution in [3.63, 3.8) is 0 Å². The summed E-state index contributed by atoms with van der Waals surface area (Å²) in [7, 11) is 0. The predicted octanol–water partition coefficient (Wildman–Crippen LogP) is 13.4. The first-order chi connectivity index (χ1) is 26.0. The lowest BCUT2D eigenvalue weighted by Crippen LogP contribution is -2.45. The van der Waals surface area contributed by atoms with Crippen LogP contribution in [0.5, 0.6) is 0 Å². The van der Waals surface area contributed by atoms with Crippen LogP contribution in [0.3, 0.4) is 0 Å². The Hall–Kier alpha value is -1.40. The first-order valence-electron chi connectivity index (χ1n) is 23.5. The Labute approximate surface area is 329 Å². The fourth-order valence-electron chi connectivity index (χ4n) is 7.16. The highest BCUT2D eigenvalue weighted by Crippen LogP contribution is 2.16. The van der Waals surface area contributed by atoms with Gasteiger partial charge in [-0.05, 0) is 32.1 Å². The molecule has 2 atom stereocenters. The van der Waals surface area contributed by atoms with E-state index < -0.39 is 12.1 Å². The first-order valence-corrected chi connectivity index (χ1v) is 23.5. The number of rotatable bonds is 43. The van der Waals surface area contributed by atoms with Crippen LogP contribution in [-0.4, -0.2) is 47.4 Å². The van der Waals surface area contributed by atoms with Crippen LogP contribution >= 0.6 is 0 Å². The second-order valence-corrected chi connectivity index (χ2v) is 16.1. The molecule has 0 saturated heterocycles. The van der Waals surface area contributed by atoms with Crippen LogP contribution in [0.4, 0.5) is 0 Å². The van der Waals surface area contributed by atoms with Crippen LogP contribution in [0.15, 0.2) is 12.2 Å². The molecule has 6 heteroatoms. The molecule has 1 amide bonds. The van der Waals surface area contributed by atoms with Crippen molar-refractivity contribution in [3.05, 3.63) is 12.2 Å². The van der Waals surface area contributed by atoms with Crippen LogP contribution in [0.2, 0.25) is 0 Å². The van der Waals surface area contributed by atoms with E-state index in [4.69, 9.17) is 4.74 Å². The fraction of sp³-hybridized carbons (Fsp3) is 0.915. The molecular weight excluding hydrogens is 659 g/mol. The van der Waals surface area contributed by atoms with Crippen molar-refractivity contribution in [2.45, 2.75) is 264 Å². The molecular formula is C47H91NO5. The molecule has 0 spiro atoms. The summed E-state index contributed by atoms with van der Waals surface area (Å²) in [4.78, 5) is 24.4. The van der Waals surface area contributed by atoms with Gasteiger partial charge in [-0.25, -0.2) is 0 Å². The van der Waals surface area contributed by atoms with E-state index in [9.17, 15) is 19.8 Å². The van der Waals surface area contributed by atoms with E-state index in [0.29, 0.717) is 19.4 Å². The van der Waals surface area contributed by atoms with Gasteiger partial charge in [0.05, 0.1) is 25.4 Å². The molecule has 53 heavy (non-hydrogen) atoms. The Morgan fingerprint density at radius 1 is 0.509 bits per heavy atom. The summed E-state index contributed by atoms with van der Waals surface area (Å²) >= 11 is 0. The zero-order chi connectivity index (χ0) is 38.7. The smallest absolute Gasteiger partial charge is 0.305 e. The number of nitrogens with one attached hydrogen (secondary N) is 1. The Morgan fingerprint density at radius 3 is 1.28 bits per heavy atom. The molecule has 0 fully saturated rings. The van der Waals surface area contributed by atoms with E-state index in [2.05, 4.69) is 19.2 Å². The van der Waals surface area contributed by atoms with Gasteiger partial charge in [0.15, 0.2) is 0 Å². The molecule has 0 aromatic heterocycles. The van der Waals surface area contributed by atoms with Crippen LogP contribution < -0.4 is 5.32 Å². The van der Waals surface area contributed by atoms with E-state index in [0.717, 1.165) is 57.8 Å². The zero-order valence-corrected chi connectivity index (χ0v) is 35.5. The Morgan fingerprint density at radius 2 is 0.868 bits per heavy atom. The quantitative estimate of drug-likeness (QED) is 0.0328. The van der Waals surface area contributed by atoms with Crippen molar-refractivity contribution in [3.8, 4) is 0 Å². The third-order valence-corrected chi connectivity index (χ3v) is 10.8. The summed E-state index contributed by atoms with van der Waals surface area (Å²) in [5, 5.41) is 22.8. The van der Waals surface area contributed by atoms with E-state index in [1.165, 1.54) is 167 Å². The molecule has 0 aliphatic heterocycles. The minimum atomic E-state index is -0.855. The summed E-state index contributed by atoms with van der Waals surface area (Å²) in [6.07, 6.45) is 47.8. The molecule has 0 aliphatic rings. The van der Waals surface area contributed by atoms with Crippen LogP contribution in [-0.2, 0) is 14.3 Å². The van der Waals surface area contributed by atoms with Crippen LogP contribution in [0.1, 0.15) is 251 Å². The second kappa shape index (κ2) is 43.3. The van der Waals surface area contributed by atoms with Crippen molar-refractivity contribution in [2.24, 2.45) is 0 Å². The molecule has 314 valence electrons. The average molecular weight is 750 g/mol. The molecule has 0 radical (unpaired) electrons. The van der Waals surface area contributed by atoms with Gasteiger partial charge in [-0.2, -0.15) is 0 Å². The third-order valence-electron chi connectivity index (χ3n) is 10.8. The Kier molecular flexibility index (Phi) is 42.2. The minimum Gasteiger partial charge on any atom is -0.466 e. The summed E-state index contributed by atoms with van der Waals surface area (Å²) in [5.74, 6) is -0.111. The van der Waals surface area contributed by atoms with Crippen LogP contribution in [0, 0.1) is 0 Å². The molecule has 0 rings (SSSR count). The number of hydrogen-bond acceptors (Lipinski definition) is 5. The maximum absolute atomic E-state index is 12.3. The van der Waals surface area contributed by atoms with Crippen molar-refractivity contribution < 1.29 is 24.5 Å². The number of aliphatic hydroxyl groups is 2. The number of hydrogen-bond donors (Lipinski definition) is 3. The van der Waals surface area contributed by atoms with Gasteiger partial charge in [0.25, 0.3) is 0 Å². The first kappa shape index (κ1) is 51.6. The highest BCUT2D eigenvalue weighted by molar-refractivity contribution is 5.76. The molecule has 0 aliphatic carbocycles. The molecule has 0 heterocycles. The van der Waals surface area contributed by atoms with E-state index in [1.54, 1.807) is 6.08 Å². The summed E-state index contributed by atoms with van der Waals surface area (Å²) in [6.45, 7) is 4.82. The molecule has 2 unspecified atom stereocenters. The lowest BCUT2D eigenvalue weighted by atomic mass is 10.0. The number of allylic oxidation sites excluding steroid dienone is 1. The van der Waals surface area contributed by atoms with Gasteiger partial charge in [-0.1, -0.05) is 219 Å². The second-order valence-electron chi connectivity index (χ2n) is 16.1. The lowest BCUT2D eigenvalue weighted by Gasteiger charge is -2.20. The third kappa shape index (κ3) is 40.1. The van der Waals surface area contributed by atoms with Crippen molar-refractivity contribution in [2.75, 3.05) is 13.2 Å². The van der Waals surface area contributed by atoms with Crippen molar-refractivity contribution >= 4 is 11.9 Å². The van der Waals surface area contributed by atoms with Crippen molar-refractivity contribution in [1.82, 2.24) is 5.32 Å². The summed E-state index contributed by atoms with van der Waals surface area (Å²) < 4.78 is 5.45. The summed E-state index contributed by atoms with van der Waals surface area (Å²) in [6, 6.07) is -0.640. The van der Waals surface area contributed by atoms with Gasteiger partial charge in [-0.3, -0.25) is 9.59 Å². The maximum atomic E-state index is 12.3. The summed E-state index contributed by atoms with van der Waals surface area (Å²) in [5.41, 5.74) is 0. The van der Waals surface area contributed by atoms with Gasteiger partial charge in [0, 0.05) is 12.8 Å². The molecule has 3 N–H and O–H groups in total. The monoisotopic (exact) mass is 750 g/mol. The molecule has 0 saturated carbocycles. The minimum absolute atomic E-state index is 0.0178. The van der Waals surface area contributed by atoms with Gasteiger partial charge in [-0.15, -0.1) is 0 Å². The number of carbonyl (C=O) groups excluding carboxylic acids is 2.